The summed E-state index contributed by atoms with van der Waals surface area (Å²) in [6, 6.07) is 8.71. The van der Waals surface area contributed by atoms with Gasteiger partial charge in [0.2, 0.25) is 0 Å². The third kappa shape index (κ3) is 7.05. The number of hydrogen-bond acceptors (Lipinski definition) is 3. The molecule has 0 radical (unpaired) electrons. The minimum absolute atomic E-state index is 0.219. The monoisotopic (exact) mass is 169 g/mol. The van der Waals surface area contributed by atoms with E-state index in [0.29, 0.717) is 12.3 Å². The fourth-order valence-electron chi connectivity index (χ4n) is 0.519. The van der Waals surface area contributed by atoms with Crippen LogP contribution in [0.2, 0.25) is 0 Å². The molecule has 0 saturated heterocycles. The number of phenols is 1. The largest absolute Gasteiger partial charge is 0.508 e. The lowest BCUT2D eigenvalue weighted by Gasteiger charge is -1.82. The predicted molar refractivity (Wildman–Crippen MR) is 48.9 cm³/mol. The number of hydrogen-bond donors (Lipinski definition) is 3. The summed E-state index contributed by atoms with van der Waals surface area (Å²) >= 11 is 0. The summed E-state index contributed by atoms with van der Waals surface area (Å²) in [6.07, 6.45) is 0.722. The summed E-state index contributed by atoms with van der Waals surface area (Å²) in [5, 5.41) is 16.6. The fraction of sp³-hybridized carbons (Fsp3) is 0.333. The topological polar surface area (TPSA) is 66.5 Å². The standard InChI is InChI=1S/C6H6O.C3H9NO/c7-6-4-2-1-3-5-6;4-2-1-3-5/h1-5,7H;5H,1-4H2. The van der Waals surface area contributed by atoms with Gasteiger partial charge in [-0.3, -0.25) is 0 Å². The van der Waals surface area contributed by atoms with Crippen LogP contribution in [0.3, 0.4) is 0 Å². The van der Waals surface area contributed by atoms with Crippen molar-refractivity contribution >= 4 is 0 Å². The second-order valence-corrected chi connectivity index (χ2v) is 2.20. The molecule has 0 bridgehead atoms. The van der Waals surface area contributed by atoms with Crippen LogP contribution in [0.5, 0.6) is 5.75 Å². The van der Waals surface area contributed by atoms with Crippen molar-refractivity contribution in [2.45, 2.75) is 6.42 Å². The van der Waals surface area contributed by atoms with E-state index in [4.69, 9.17) is 15.9 Å². The molecule has 0 heterocycles. The van der Waals surface area contributed by atoms with E-state index in [1.54, 1.807) is 24.3 Å². The van der Waals surface area contributed by atoms with Crippen LogP contribution in [0.1, 0.15) is 6.42 Å². The van der Waals surface area contributed by atoms with Gasteiger partial charge in [-0.15, -0.1) is 0 Å². The van der Waals surface area contributed by atoms with E-state index in [-0.39, 0.29) is 6.61 Å². The normalized spacial score (nSPS) is 8.50. The second-order valence-electron chi connectivity index (χ2n) is 2.20. The Balaban J connectivity index is 0.000000217. The van der Waals surface area contributed by atoms with Crippen LogP contribution in [0, 0.1) is 0 Å². The molecule has 0 unspecified atom stereocenters. The molecule has 68 valence electrons. The number of aromatic hydroxyl groups is 1. The molecule has 0 saturated carbocycles. The Labute approximate surface area is 72.5 Å². The van der Waals surface area contributed by atoms with E-state index in [1.165, 1.54) is 0 Å². The van der Waals surface area contributed by atoms with E-state index < -0.39 is 0 Å². The molecule has 3 heteroatoms. The van der Waals surface area contributed by atoms with E-state index in [0.717, 1.165) is 6.42 Å². The maximum absolute atomic E-state index is 8.63. The lowest BCUT2D eigenvalue weighted by molar-refractivity contribution is 0.291. The van der Waals surface area contributed by atoms with Crippen molar-refractivity contribution < 1.29 is 10.2 Å². The highest BCUT2D eigenvalue weighted by Gasteiger charge is 1.74. The van der Waals surface area contributed by atoms with Crippen LogP contribution in [-0.2, 0) is 0 Å². The molecule has 0 spiro atoms. The minimum atomic E-state index is 0.219. The van der Waals surface area contributed by atoms with Gasteiger partial charge in [0.15, 0.2) is 0 Å². The fourth-order valence-corrected chi connectivity index (χ4v) is 0.519. The Morgan fingerprint density at radius 3 is 1.92 bits per heavy atom. The van der Waals surface area contributed by atoms with Crippen LogP contribution < -0.4 is 5.73 Å². The molecule has 1 aromatic carbocycles. The third-order valence-electron chi connectivity index (χ3n) is 1.12. The van der Waals surface area contributed by atoms with Gasteiger partial charge in [-0.1, -0.05) is 18.2 Å². The smallest absolute Gasteiger partial charge is 0.115 e. The SMILES string of the molecule is NCCCO.Oc1ccccc1. The number of rotatable bonds is 2. The van der Waals surface area contributed by atoms with Crippen molar-refractivity contribution in [2.75, 3.05) is 13.2 Å². The summed E-state index contributed by atoms with van der Waals surface area (Å²) < 4.78 is 0. The Morgan fingerprint density at radius 2 is 1.75 bits per heavy atom. The highest BCUT2D eigenvalue weighted by molar-refractivity contribution is 5.18. The zero-order valence-electron chi connectivity index (χ0n) is 6.98. The molecule has 0 atom stereocenters. The van der Waals surface area contributed by atoms with Crippen LogP contribution in [0.25, 0.3) is 0 Å². The van der Waals surface area contributed by atoms with Gasteiger partial charge >= 0.3 is 0 Å². The van der Waals surface area contributed by atoms with Crippen molar-refractivity contribution in [3.8, 4) is 5.75 Å². The van der Waals surface area contributed by atoms with Crippen molar-refractivity contribution in [1.29, 1.82) is 0 Å². The number of para-hydroxylation sites is 1. The quantitative estimate of drug-likeness (QED) is 0.611. The van der Waals surface area contributed by atoms with Crippen LogP contribution in [0.4, 0.5) is 0 Å². The molecular weight excluding hydrogens is 154 g/mol. The third-order valence-corrected chi connectivity index (χ3v) is 1.12. The summed E-state index contributed by atoms with van der Waals surface area (Å²) in [5.41, 5.74) is 4.98. The van der Waals surface area contributed by atoms with Crippen molar-refractivity contribution in [3.63, 3.8) is 0 Å². The molecule has 0 aromatic heterocycles. The van der Waals surface area contributed by atoms with E-state index in [2.05, 4.69) is 0 Å². The van der Waals surface area contributed by atoms with Gasteiger partial charge in [-0.2, -0.15) is 0 Å². The summed E-state index contributed by atoms with van der Waals surface area (Å²) in [5.74, 6) is 0.322. The number of benzene rings is 1. The van der Waals surface area contributed by atoms with Crippen molar-refractivity contribution in [3.05, 3.63) is 30.3 Å². The molecular formula is C9H15NO2. The average molecular weight is 169 g/mol. The first-order valence-electron chi connectivity index (χ1n) is 3.86. The van der Waals surface area contributed by atoms with Gasteiger partial charge in [0.25, 0.3) is 0 Å². The molecule has 12 heavy (non-hydrogen) atoms. The molecule has 4 N–H and O–H groups in total. The number of phenolic OH excluding ortho intramolecular Hbond substituents is 1. The van der Waals surface area contributed by atoms with Crippen LogP contribution in [-0.4, -0.2) is 23.4 Å². The van der Waals surface area contributed by atoms with Gasteiger partial charge in [-0.25, -0.2) is 0 Å². The predicted octanol–water partition coefficient (Wildman–Crippen LogP) is 0.720. The zero-order valence-corrected chi connectivity index (χ0v) is 6.98. The average Bonchev–Trinajstić information content (AvgIpc) is 2.08. The molecule has 0 aliphatic carbocycles. The number of nitrogens with two attached hydrogens (primary N) is 1. The Kier molecular flexibility index (Phi) is 7.33. The van der Waals surface area contributed by atoms with E-state index in [1.807, 2.05) is 6.07 Å². The summed E-state index contributed by atoms with van der Waals surface area (Å²) in [6.45, 7) is 0.812. The number of aliphatic hydroxyl groups is 1. The lowest BCUT2D eigenvalue weighted by Crippen LogP contribution is -1.99. The molecule has 0 fully saturated rings. The van der Waals surface area contributed by atoms with E-state index in [9.17, 15) is 0 Å². The zero-order chi connectivity index (χ0) is 9.23. The first-order chi connectivity index (χ1) is 5.81. The molecule has 0 amide bonds. The lowest BCUT2D eigenvalue weighted by atomic mass is 10.3. The second kappa shape index (κ2) is 8.04. The Bertz CT molecular complexity index is 175. The van der Waals surface area contributed by atoms with E-state index >= 15 is 0 Å². The summed E-state index contributed by atoms with van der Waals surface area (Å²) in [4.78, 5) is 0. The van der Waals surface area contributed by atoms with Gasteiger partial charge in [0, 0.05) is 6.61 Å². The molecule has 0 aliphatic rings. The van der Waals surface area contributed by atoms with Gasteiger partial charge in [-0.05, 0) is 25.1 Å². The molecule has 1 rings (SSSR count). The maximum atomic E-state index is 8.63. The highest BCUT2D eigenvalue weighted by Crippen LogP contribution is 2.02. The Hall–Kier alpha value is -1.06. The maximum Gasteiger partial charge on any atom is 0.115 e. The minimum Gasteiger partial charge on any atom is -0.508 e. The van der Waals surface area contributed by atoms with Crippen molar-refractivity contribution in [2.24, 2.45) is 5.73 Å². The van der Waals surface area contributed by atoms with Crippen LogP contribution >= 0.6 is 0 Å². The van der Waals surface area contributed by atoms with Gasteiger partial charge < -0.3 is 15.9 Å². The number of aliphatic hydroxyl groups excluding tert-OH is 1. The first kappa shape index (κ1) is 10.9. The molecule has 3 nitrogen and oxygen atoms in total. The van der Waals surface area contributed by atoms with Gasteiger partial charge in [0.05, 0.1) is 0 Å². The summed E-state index contributed by atoms with van der Waals surface area (Å²) in [7, 11) is 0. The molecule has 0 aliphatic heterocycles. The Morgan fingerprint density at radius 1 is 1.17 bits per heavy atom. The van der Waals surface area contributed by atoms with Crippen molar-refractivity contribution in [1.82, 2.24) is 0 Å². The van der Waals surface area contributed by atoms with Crippen LogP contribution in [0.15, 0.2) is 30.3 Å². The highest BCUT2D eigenvalue weighted by atomic mass is 16.3. The van der Waals surface area contributed by atoms with Gasteiger partial charge in [0.1, 0.15) is 5.75 Å². The first-order valence-corrected chi connectivity index (χ1v) is 3.86. The molecule has 1 aromatic rings.